The van der Waals surface area contributed by atoms with Crippen molar-refractivity contribution >= 4 is 21.8 Å². The molecule has 320 valence electrons. The van der Waals surface area contributed by atoms with Gasteiger partial charge < -0.3 is 19.7 Å². The highest BCUT2D eigenvalue weighted by molar-refractivity contribution is 7.91. The van der Waals surface area contributed by atoms with Crippen LogP contribution in [-0.2, 0) is 28.9 Å². The Morgan fingerprint density at radius 3 is 2.30 bits per heavy atom. The van der Waals surface area contributed by atoms with E-state index in [1.165, 1.54) is 68.1 Å². The van der Waals surface area contributed by atoms with Gasteiger partial charge in [-0.1, -0.05) is 65.8 Å². The van der Waals surface area contributed by atoms with E-state index in [1.807, 2.05) is 0 Å². The summed E-state index contributed by atoms with van der Waals surface area (Å²) >= 11 is 0. The van der Waals surface area contributed by atoms with E-state index in [-0.39, 0.29) is 45.1 Å². The van der Waals surface area contributed by atoms with Crippen LogP contribution in [0, 0.1) is 56.7 Å². The van der Waals surface area contributed by atoms with E-state index in [0.29, 0.717) is 61.9 Å². The lowest BCUT2D eigenvalue weighted by molar-refractivity contribution is -0.221. The summed E-state index contributed by atoms with van der Waals surface area (Å²) in [4.78, 5) is 27.0. The topological polar surface area (TPSA) is 102 Å². The van der Waals surface area contributed by atoms with Gasteiger partial charge >= 0.3 is 11.9 Å². The van der Waals surface area contributed by atoms with Crippen LogP contribution in [0.2, 0.25) is 0 Å². The van der Waals surface area contributed by atoms with Gasteiger partial charge in [-0.2, -0.15) is 0 Å². The molecule has 1 aliphatic heterocycles. The molecule has 0 aromatic rings. The molecule has 57 heavy (non-hydrogen) atoms. The molecule has 0 aromatic carbocycles. The molecule has 1 heterocycles. The van der Waals surface area contributed by atoms with Gasteiger partial charge in [-0.15, -0.1) is 0 Å². The number of allylic oxidation sites excluding steroid dienone is 5. The summed E-state index contributed by atoms with van der Waals surface area (Å²) in [6, 6.07) is 0. The summed E-state index contributed by atoms with van der Waals surface area (Å²) in [6.07, 6.45) is 17.0. The van der Waals surface area contributed by atoms with Crippen molar-refractivity contribution < 1.29 is 31.9 Å². The van der Waals surface area contributed by atoms with Crippen LogP contribution in [0.15, 0.2) is 35.5 Å². The highest BCUT2D eigenvalue weighted by Gasteiger charge is 2.70. The van der Waals surface area contributed by atoms with Crippen molar-refractivity contribution in [2.75, 3.05) is 51.2 Å². The molecule has 10 atom stereocenters. The first-order valence-corrected chi connectivity index (χ1v) is 24.3. The van der Waals surface area contributed by atoms with E-state index in [4.69, 9.17) is 9.47 Å². The normalized spacial score (nSPS) is 42.3. The number of alkyl halides is 1. The fourth-order valence-electron chi connectivity index (χ4n) is 14.9. The molecule has 0 aromatic heterocycles. The number of fused-ring (bicyclic) bond motifs is 7. The summed E-state index contributed by atoms with van der Waals surface area (Å²) < 4.78 is 48.9. The zero-order valence-electron chi connectivity index (χ0n) is 36.3. The van der Waals surface area contributed by atoms with Gasteiger partial charge in [-0.3, -0.25) is 9.59 Å². The standard InChI is InChI=1S/C47H73FN2O6S/c1-9-39(51)55-31-56-41(52)46(30-48)19-12-33(13-20-46)35-15-17-43(6)37(42(35,4)5)16-18-45(8)38(43)11-10-36-40-34(32(2)3)14-21-47(40,23-22-44(36,45)7)49-24-25-50-26-28-57(53,54)29-27-50/h12,15,34,36-38,40,49H,2,9-11,13-14,16-31H2,1,3-8H3/t34-,36+,37-,38+,40+,43-,44+,45+,46+,47-/m0/s1. The SMILES string of the molecule is C=C(C)[C@@H]1CC[C@]2(NCCN3CCS(=O)(=O)CC3)CC[C@]3(C)[C@H](CC[C@@H]4[C@@]5(C)CC=C(C6=CC[C@@](CF)(C(=O)OCOC(=O)CC)CC6)C(C)(C)[C@@H]5CC[C@]43C)[C@@H]12. The van der Waals surface area contributed by atoms with Gasteiger partial charge in [0.05, 0.1) is 11.5 Å². The first-order chi connectivity index (χ1) is 26.8. The molecular formula is C47H73FN2O6S. The van der Waals surface area contributed by atoms with E-state index >= 15 is 0 Å². The summed E-state index contributed by atoms with van der Waals surface area (Å²) in [5, 5.41) is 4.20. The van der Waals surface area contributed by atoms with Crippen LogP contribution in [0.1, 0.15) is 132 Å². The number of carbonyl (C=O) groups is 2. The summed E-state index contributed by atoms with van der Waals surface area (Å²) in [6.45, 7) is 23.3. The Kier molecular flexibility index (Phi) is 11.7. The first-order valence-electron chi connectivity index (χ1n) is 22.4. The predicted molar refractivity (Wildman–Crippen MR) is 224 cm³/mol. The number of nitrogens with one attached hydrogen (secondary N) is 1. The number of sulfone groups is 1. The van der Waals surface area contributed by atoms with Crippen LogP contribution < -0.4 is 5.32 Å². The minimum absolute atomic E-state index is 0.0524. The van der Waals surface area contributed by atoms with Gasteiger partial charge in [0.2, 0.25) is 6.79 Å². The van der Waals surface area contributed by atoms with E-state index in [2.05, 4.69) is 70.5 Å². The van der Waals surface area contributed by atoms with Gasteiger partial charge in [0.1, 0.15) is 12.1 Å². The van der Waals surface area contributed by atoms with Crippen molar-refractivity contribution in [3.8, 4) is 0 Å². The van der Waals surface area contributed by atoms with Crippen molar-refractivity contribution in [2.45, 2.75) is 137 Å². The van der Waals surface area contributed by atoms with Crippen LogP contribution in [0.4, 0.5) is 4.39 Å². The third-order valence-electron chi connectivity index (χ3n) is 18.3. The molecule has 0 spiro atoms. The molecule has 1 N–H and O–H groups in total. The van der Waals surface area contributed by atoms with Crippen LogP contribution in [-0.4, -0.2) is 81.9 Å². The second-order valence-electron chi connectivity index (χ2n) is 21.1. The quantitative estimate of drug-likeness (QED) is 0.126. The molecule has 7 aliphatic rings. The van der Waals surface area contributed by atoms with Crippen LogP contribution in [0.25, 0.3) is 0 Å². The average Bonchev–Trinajstić information content (AvgIpc) is 3.55. The van der Waals surface area contributed by atoms with Gasteiger partial charge in [0.25, 0.3) is 0 Å². The Labute approximate surface area is 343 Å². The zero-order valence-corrected chi connectivity index (χ0v) is 37.1. The second kappa shape index (κ2) is 15.5. The average molecular weight is 813 g/mol. The summed E-state index contributed by atoms with van der Waals surface area (Å²) in [7, 11) is -2.88. The molecule has 8 nitrogen and oxygen atoms in total. The van der Waals surface area contributed by atoms with Crippen LogP contribution in [0.5, 0.6) is 0 Å². The lowest BCUT2D eigenvalue weighted by Crippen LogP contribution is -2.68. The number of ether oxygens (including phenoxy) is 2. The van der Waals surface area contributed by atoms with Crippen molar-refractivity contribution in [3.05, 3.63) is 35.5 Å². The Balaban J connectivity index is 1.09. The number of esters is 2. The number of carbonyl (C=O) groups excluding carboxylic acids is 2. The minimum atomic E-state index is -2.88. The second-order valence-corrected chi connectivity index (χ2v) is 23.4. The molecule has 10 heteroatoms. The monoisotopic (exact) mass is 813 g/mol. The van der Waals surface area contributed by atoms with Crippen LogP contribution >= 0.6 is 0 Å². The van der Waals surface area contributed by atoms with Crippen molar-refractivity contribution in [3.63, 3.8) is 0 Å². The number of hydrogen-bond acceptors (Lipinski definition) is 8. The Morgan fingerprint density at radius 1 is 0.912 bits per heavy atom. The molecule has 7 rings (SSSR count). The van der Waals surface area contributed by atoms with E-state index in [9.17, 15) is 22.4 Å². The number of rotatable bonds is 11. The summed E-state index contributed by atoms with van der Waals surface area (Å²) in [5.74, 6) is 2.40. The third kappa shape index (κ3) is 7.13. The smallest absolute Gasteiger partial charge is 0.317 e. The Bertz CT molecular complexity index is 1760. The fraction of sp³-hybridized carbons (Fsp3) is 0.830. The molecule has 5 fully saturated rings. The van der Waals surface area contributed by atoms with Gasteiger partial charge in [-0.05, 0) is 146 Å². The fourth-order valence-corrected chi connectivity index (χ4v) is 16.2. The minimum Gasteiger partial charge on any atom is -0.428 e. The van der Waals surface area contributed by atoms with E-state index in [0.717, 1.165) is 19.5 Å². The number of halogens is 1. The lowest BCUT2D eigenvalue weighted by atomic mass is 9.33. The van der Waals surface area contributed by atoms with Gasteiger partial charge in [0.15, 0.2) is 9.84 Å². The number of hydrogen-bond donors (Lipinski definition) is 1. The Hall–Kier alpha value is -2.04. The van der Waals surface area contributed by atoms with Crippen molar-refractivity contribution in [2.24, 2.45) is 56.7 Å². The molecule has 4 saturated carbocycles. The molecular weight excluding hydrogens is 740 g/mol. The third-order valence-corrected chi connectivity index (χ3v) is 19.9. The maximum Gasteiger partial charge on any atom is 0.317 e. The van der Waals surface area contributed by atoms with E-state index < -0.39 is 40.7 Å². The van der Waals surface area contributed by atoms with Gasteiger partial charge in [0, 0.05) is 38.1 Å². The predicted octanol–water partition coefficient (Wildman–Crippen LogP) is 8.77. The first kappa shape index (κ1) is 43.1. The zero-order chi connectivity index (χ0) is 41.2. The molecule has 1 saturated heterocycles. The molecule has 0 unspecified atom stereocenters. The Morgan fingerprint density at radius 2 is 1.65 bits per heavy atom. The highest BCUT2D eigenvalue weighted by Crippen LogP contribution is 2.76. The van der Waals surface area contributed by atoms with Crippen molar-refractivity contribution in [1.82, 2.24) is 10.2 Å². The lowest BCUT2D eigenvalue weighted by Gasteiger charge is -2.72. The molecule has 6 aliphatic carbocycles. The van der Waals surface area contributed by atoms with Crippen LogP contribution in [0.3, 0.4) is 0 Å². The van der Waals surface area contributed by atoms with Crippen molar-refractivity contribution in [1.29, 1.82) is 0 Å². The molecule has 0 bridgehead atoms. The van der Waals surface area contributed by atoms with Gasteiger partial charge in [-0.25, -0.2) is 12.8 Å². The molecule has 0 radical (unpaired) electrons. The summed E-state index contributed by atoms with van der Waals surface area (Å²) in [5.41, 5.74) is 3.47. The maximum atomic E-state index is 14.6. The molecule has 0 amide bonds. The highest BCUT2D eigenvalue weighted by atomic mass is 32.2. The largest absolute Gasteiger partial charge is 0.428 e. The maximum absolute atomic E-state index is 14.6. The van der Waals surface area contributed by atoms with E-state index in [1.54, 1.807) is 6.92 Å². The number of nitrogens with zero attached hydrogens (tertiary/aromatic N) is 1.